The quantitative estimate of drug-likeness (QED) is 0.420. The first-order valence-electron chi connectivity index (χ1n) is 8.44. The maximum absolute atomic E-state index is 12.5. The van der Waals surface area contributed by atoms with Gasteiger partial charge in [0.05, 0.1) is 14.2 Å². The molecule has 0 aliphatic heterocycles. The molecule has 154 valence electrons. The van der Waals surface area contributed by atoms with Gasteiger partial charge in [0.25, 0.3) is 0 Å². The Bertz CT molecular complexity index is 696. The van der Waals surface area contributed by atoms with E-state index in [4.69, 9.17) is 9.47 Å². The van der Waals surface area contributed by atoms with E-state index < -0.39 is 41.6 Å². The lowest BCUT2D eigenvalue weighted by atomic mass is 9.99. The minimum atomic E-state index is -1.76. The number of amides is 1. The van der Waals surface area contributed by atoms with Crippen LogP contribution in [-0.2, 0) is 39.9 Å². The molecule has 0 radical (unpaired) electrons. The van der Waals surface area contributed by atoms with Crippen LogP contribution in [0.1, 0.15) is 26.3 Å². The van der Waals surface area contributed by atoms with E-state index >= 15 is 0 Å². The molecule has 0 spiro atoms. The number of rotatable bonds is 7. The Morgan fingerprint density at radius 2 is 1.50 bits per heavy atom. The van der Waals surface area contributed by atoms with E-state index in [1.165, 1.54) is 0 Å². The van der Waals surface area contributed by atoms with Crippen molar-refractivity contribution >= 4 is 24.0 Å². The molecule has 1 rings (SSSR count). The zero-order chi connectivity index (χ0) is 21.3. The zero-order valence-electron chi connectivity index (χ0n) is 16.5. The summed E-state index contributed by atoms with van der Waals surface area (Å²) in [6, 6.07) is 7.13. The van der Waals surface area contributed by atoms with Crippen molar-refractivity contribution < 1.29 is 38.1 Å². The van der Waals surface area contributed by atoms with Crippen molar-refractivity contribution in [1.29, 1.82) is 0 Å². The molecule has 1 aromatic rings. The van der Waals surface area contributed by atoms with E-state index in [0.717, 1.165) is 14.2 Å². The third-order valence-corrected chi connectivity index (χ3v) is 3.39. The van der Waals surface area contributed by atoms with Crippen LogP contribution in [0.15, 0.2) is 30.3 Å². The van der Waals surface area contributed by atoms with Gasteiger partial charge in [-0.1, -0.05) is 30.3 Å². The summed E-state index contributed by atoms with van der Waals surface area (Å²) >= 11 is 0. The predicted octanol–water partition coefficient (Wildman–Crippen LogP) is 1.59. The van der Waals surface area contributed by atoms with Gasteiger partial charge in [-0.2, -0.15) is 0 Å². The molecule has 0 aliphatic rings. The number of carbonyl (C=O) groups excluding carboxylic acids is 4. The fourth-order valence-electron chi connectivity index (χ4n) is 2.16. The Hall–Kier alpha value is -3.10. The van der Waals surface area contributed by atoms with Crippen LogP contribution in [0, 0.1) is 5.92 Å². The van der Waals surface area contributed by atoms with Crippen molar-refractivity contribution in [1.82, 2.24) is 5.32 Å². The van der Waals surface area contributed by atoms with E-state index in [9.17, 15) is 19.2 Å². The highest BCUT2D eigenvalue weighted by Crippen LogP contribution is 2.17. The van der Waals surface area contributed by atoms with Gasteiger partial charge >= 0.3 is 24.0 Å². The topological polar surface area (TPSA) is 117 Å². The molecule has 1 aromatic carbocycles. The minimum Gasteiger partial charge on any atom is -0.468 e. The van der Waals surface area contributed by atoms with Gasteiger partial charge in [-0.05, 0) is 26.3 Å². The van der Waals surface area contributed by atoms with E-state index in [-0.39, 0.29) is 6.61 Å². The molecule has 0 aliphatic carbocycles. The zero-order valence-corrected chi connectivity index (χ0v) is 16.5. The highest BCUT2D eigenvalue weighted by Gasteiger charge is 2.44. The summed E-state index contributed by atoms with van der Waals surface area (Å²) in [6.07, 6.45) is -1.02. The van der Waals surface area contributed by atoms with Crippen LogP contribution in [0.5, 0.6) is 0 Å². The molecule has 2 atom stereocenters. The molecule has 0 heterocycles. The van der Waals surface area contributed by atoms with Crippen molar-refractivity contribution in [2.45, 2.75) is 39.0 Å². The summed E-state index contributed by atoms with van der Waals surface area (Å²) in [5, 5.41) is 2.18. The standard InChI is InChI=1S/C19H25NO8/c1-19(2,3)28-16(22)13(15(21)25-4)14(17(23)26-5)20-18(24)27-11-12-9-7-6-8-10-12/h6-10,13-14H,11H2,1-5H3,(H,20,24). The first-order valence-corrected chi connectivity index (χ1v) is 8.44. The Morgan fingerprint density at radius 3 is 2.00 bits per heavy atom. The number of ether oxygens (including phenoxy) is 4. The highest BCUT2D eigenvalue weighted by atomic mass is 16.6. The number of methoxy groups -OCH3 is 2. The molecule has 1 amide bonds. The number of hydrogen-bond acceptors (Lipinski definition) is 8. The average Bonchev–Trinajstić information content (AvgIpc) is 2.64. The smallest absolute Gasteiger partial charge is 0.408 e. The second-order valence-electron chi connectivity index (χ2n) is 6.74. The molecule has 0 fully saturated rings. The molecule has 0 aromatic heterocycles. The van der Waals surface area contributed by atoms with Crippen LogP contribution >= 0.6 is 0 Å². The van der Waals surface area contributed by atoms with Gasteiger partial charge in [0.2, 0.25) is 0 Å². The van der Waals surface area contributed by atoms with Gasteiger partial charge in [-0.15, -0.1) is 0 Å². The van der Waals surface area contributed by atoms with E-state index in [2.05, 4.69) is 14.8 Å². The molecule has 9 heteroatoms. The Labute approximate surface area is 163 Å². The van der Waals surface area contributed by atoms with Crippen LogP contribution < -0.4 is 5.32 Å². The summed E-state index contributed by atoms with van der Waals surface area (Å²) in [4.78, 5) is 48.9. The lowest BCUT2D eigenvalue weighted by molar-refractivity contribution is -0.173. The van der Waals surface area contributed by atoms with Gasteiger partial charge in [-0.25, -0.2) is 9.59 Å². The first-order chi connectivity index (χ1) is 13.1. The van der Waals surface area contributed by atoms with Crippen LogP contribution in [-0.4, -0.2) is 49.9 Å². The Balaban J connectivity index is 2.97. The fourth-order valence-corrected chi connectivity index (χ4v) is 2.16. The third kappa shape index (κ3) is 7.26. The number of nitrogens with one attached hydrogen (secondary N) is 1. The number of alkyl carbamates (subject to hydrolysis) is 1. The molecule has 0 saturated carbocycles. The van der Waals surface area contributed by atoms with E-state index in [1.54, 1.807) is 51.1 Å². The van der Waals surface area contributed by atoms with Crippen LogP contribution in [0.25, 0.3) is 0 Å². The molecular weight excluding hydrogens is 370 g/mol. The lowest BCUT2D eigenvalue weighted by Gasteiger charge is -2.26. The SMILES string of the molecule is COC(=O)C(NC(=O)OCc1ccccc1)C(C(=O)OC)C(=O)OC(C)(C)C. The Morgan fingerprint density at radius 1 is 0.929 bits per heavy atom. The summed E-state index contributed by atoms with van der Waals surface area (Å²) in [7, 11) is 2.09. The maximum Gasteiger partial charge on any atom is 0.408 e. The summed E-state index contributed by atoms with van der Waals surface area (Å²) in [6.45, 7) is 4.70. The van der Waals surface area contributed by atoms with Gasteiger partial charge < -0.3 is 24.3 Å². The molecule has 0 saturated heterocycles. The van der Waals surface area contributed by atoms with Gasteiger partial charge in [0, 0.05) is 0 Å². The summed E-state index contributed by atoms with van der Waals surface area (Å²) in [5.41, 5.74) is -0.221. The van der Waals surface area contributed by atoms with Gasteiger partial charge in [0.15, 0.2) is 12.0 Å². The monoisotopic (exact) mass is 395 g/mol. The fraction of sp³-hybridized carbons (Fsp3) is 0.474. The average molecular weight is 395 g/mol. The predicted molar refractivity (Wildman–Crippen MR) is 96.9 cm³/mol. The second-order valence-corrected chi connectivity index (χ2v) is 6.74. The molecule has 1 N–H and O–H groups in total. The van der Waals surface area contributed by atoms with E-state index in [0.29, 0.717) is 5.56 Å². The van der Waals surface area contributed by atoms with Crippen LogP contribution in [0.2, 0.25) is 0 Å². The van der Waals surface area contributed by atoms with Crippen LogP contribution in [0.3, 0.4) is 0 Å². The summed E-state index contributed by atoms with van der Waals surface area (Å²) < 4.78 is 19.4. The largest absolute Gasteiger partial charge is 0.468 e. The molecule has 0 bridgehead atoms. The normalized spacial score (nSPS) is 12.9. The van der Waals surface area contributed by atoms with Crippen molar-refractivity contribution in [3.63, 3.8) is 0 Å². The first kappa shape index (κ1) is 22.9. The van der Waals surface area contributed by atoms with Crippen molar-refractivity contribution in [2.75, 3.05) is 14.2 Å². The third-order valence-electron chi connectivity index (χ3n) is 3.39. The molecule has 9 nitrogen and oxygen atoms in total. The molecule has 2 unspecified atom stereocenters. The van der Waals surface area contributed by atoms with E-state index in [1.807, 2.05) is 0 Å². The van der Waals surface area contributed by atoms with Gasteiger partial charge in [0.1, 0.15) is 12.2 Å². The van der Waals surface area contributed by atoms with Crippen molar-refractivity contribution in [2.24, 2.45) is 5.92 Å². The van der Waals surface area contributed by atoms with Crippen molar-refractivity contribution in [3.05, 3.63) is 35.9 Å². The highest BCUT2D eigenvalue weighted by molar-refractivity contribution is 6.01. The van der Waals surface area contributed by atoms with Crippen LogP contribution in [0.4, 0.5) is 4.79 Å². The minimum absolute atomic E-state index is 0.0735. The molecule has 28 heavy (non-hydrogen) atoms. The number of benzene rings is 1. The second kappa shape index (κ2) is 10.3. The maximum atomic E-state index is 12.5. The Kier molecular flexibility index (Phi) is 8.43. The summed E-state index contributed by atoms with van der Waals surface area (Å²) in [5.74, 6) is -4.90. The van der Waals surface area contributed by atoms with Gasteiger partial charge in [-0.3, -0.25) is 9.59 Å². The number of esters is 3. The molecular formula is C19H25NO8. The lowest BCUT2D eigenvalue weighted by Crippen LogP contribution is -2.53. The number of carbonyl (C=O) groups is 4. The van der Waals surface area contributed by atoms with Crippen molar-refractivity contribution in [3.8, 4) is 0 Å². The number of hydrogen-bond donors (Lipinski definition) is 1.